The molecule has 5 heteroatoms. The standard InChI is InChI=1S/C28H32FNO3/c1-21(27(31,30-19-9-4-10-20-30)23-15-17-25(29)18-16-23)26(22-11-5-2-6-12-22)28(32,33)24-13-7-3-8-14-24/h2-3,5-8,11-18,21,26,31-33H,4,9-10,19-20H2,1H3. The maximum atomic E-state index is 13.8. The summed E-state index contributed by atoms with van der Waals surface area (Å²) in [6.07, 6.45) is 2.96. The van der Waals surface area contributed by atoms with Gasteiger partial charge in [0.15, 0.2) is 5.79 Å². The molecule has 174 valence electrons. The van der Waals surface area contributed by atoms with Crippen LogP contribution in [0.5, 0.6) is 0 Å². The van der Waals surface area contributed by atoms with Crippen LogP contribution in [0.1, 0.15) is 48.8 Å². The van der Waals surface area contributed by atoms with Gasteiger partial charge in [0.2, 0.25) is 0 Å². The molecule has 3 aromatic rings. The van der Waals surface area contributed by atoms with Gasteiger partial charge < -0.3 is 15.3 Å². The molecule has 0 amide bonds. The second kappa shape index (κ2) is 9.74. The van der Waals surface area contributed by atoms with E-state index in [1.165, 1.54) is 12.1 Å². The molecule has 1 fully saturated rings. The molecule has 1 aliphatic heterocycles. The monoisotopic (exact) mass is 449 g/mol. The Morgan fingerprint density at radius 1 is 0.727 bits per heavy atom. The Balaban J connectivity index is 1.87. The van der Waals surface area contributed by atoms with Crippen molar-refractivity contribution in [3.05, 3.63) is 107 Å². The van der Waals surface area contributed by atoms with E-state index < -0.39 is 23.3 Å². The molecule has 3 atom stereocenters. The lowest BCUT2D eigenvalue weighted by molar-refractivity contribution is -0.238. The third kappa shape index (κ3) is 4.59. The van der Waals surface area contributed by atoms with E-state index in [4.69, 9.17) is 0 Å². The second-order valence-corrected chi connectivity index (χ2v) is 9.05. The average Bonchev–Trinajstić information content (AvgIpc) is 2.85. The van der Waals surface area contributed by atoms with Crippen LogP contribution in [0.15, 0.2) is 84.9 Å². The summed E-state index contributed by atoms with van der Waals surface area (Å²) >= 11 is 0. The van der Waals surface area contributed by atoms with E-state index in [0.29, 0.717) is 29.8 Å². The fraction of sp³-hybridized carbons (Fsp3) is 0.357. The van der Waals surface area contributed by atoms with Gasteiger partial charge in [0.1, 0.15) is 11.5 Å². The summed E-state index contributed by atoms with van der Waals surface area (Å²) in [7, 11) is 0. The Morgan fingerprint density at radius 2 is 1.27 bits per heavy atom. The minimum absolute atomic E-state index is 0.353. The van der Waals surface area contributed by atoms with E-state index in [-0.39, 0.29) is 5.82 Å². The number of hydrogen-bond donors (Lipinski definition) is 3. The predicted octanol–water partition coefficient (Wildman–Crippen LogP) is 4.71. The Hall–Kier alpha value is -2.57. The zero-order valence-electron chi connectivity index (χ0n) is 18.9. The number of hydrogen-bond acceptors (Lipinski definition) is 4. The van der Waals surface area contributed by atoms with Gasteiger partial charge in [-0.05, 0) is 36.1 Å². The van der Waals surface area contributed by atoms with Crippen molar-refractivity contribution in [2.24, 2.45) is 5.92 Å². The molecule has 33 heavy (non-hydrogen) atoms. The Morgan fingerprint density at radius 3 is 1.85 bits per heavy atom. The van der Waals surface area contributed by atoms with E-state index in [2.05, 4.69) is 0 Å². The summed E-state index contributed by atoms with van der Waals surface area (Å²) in [5, 5.41) is 35.6. The van der Waals surface area contributed by atoms with E-state index >= 15 is 0 Å². The highest BCUT2D eigenvalue weighted by atomic mass is 19.1. The number of rotatable bonds is 7. The molecule has 0 aromatic heterocycles. The zero-order chi connectivity index (χ0) is 23.5. The highest BCUT2D eigenvalue weighted by Crippen LogP contribution is 2.49. The Kier molecular flexibility index (Phi) is 6.96. The van der Waals surface area contributed by atoms with Crippen molar-refractivity contribution in [2.75, 3.05) is 13.1 Å². The molecule has 0 saturated carbocycles. The largest absolute Gasteiger partial charge is 0.371 e. The molecule has 0 aliphatic carbocycles. The molecule has 0 spiro atoms. The van der Waals surface area contributed by atoms with Crippen molar-refractivity contribution in [2.45, 2.75) is 43.6 Å². The lowest BCUT2D eigenvalue weighted by Crippen LogP contribution is -2.56. The highest BCUT2D eigenvalue weighted by Gasteiger charge is 2.52. The van der Waals surface area contributed by atoms with Crippen LogP contribution < -0.4 is 0 Å². The molecular formula is C28H32FNO3. The third-order valence-electron chi connectivity index (χ3n) is 7.03. The molecule has 1 heterocycles. The molecule has 1 aliphatic rings. The van der Waals surface area contributed by atoms with Crippen LogP contribution in [0.25, 0.3) is 0 Å². The van der Waals surface area contributed by atoms with Gasteiger partial charge in [-0.1, -0.05) is 86.1 Å². The van der Waals surface area contributed by atoms with Crippen molar-refractivity contribution in [1.29, 1.82) is 0 Å². The molecule has 3 aromatic carbocycles. The highest BCUT2D eigenvalue weighted by molar-refractivity contribution is 5.33. The number of likely N-dealkylation sites (tertiary alicyclic amines) is 1. The molecule has 3 unspecified atom stereocenters. The first-order chi connectivity index (χ1) is 15.8. The van der Waals surface area contributed by atoms with Crippen LogP contribution in [0.3, 0.4) is 0 Å². The van der Waals surface area contributed by atoms with E-state index in [0.717, 1.165) is 19.3 Å². The fourth-order valence-corrected chi connectivity index (χ4v) is 5.29. The minimum atomic E-state index is -2.24. The topological polar surface area (TPSA) is 63.9 Å². The summed E-state index contributed by atoms with van der Waals surface area (Å²) in [5.74, 6) is -4.14. The predicted molar refractivity (Wildman–Crippen MR) is 127 cm³/mol. The van der Waals surface area contributed by atoms with Gasteiger partial charge in [0, 0.05) is 30.5 Å². The van der Waals surface area contributed by atoms with Crippen LogP contribution in [-0.4, -0.2) is 33.3 Å². The van der Waals surface area contributed by atoms with Crippen molar-refractivity contribution < 1.29 is 19.7 Å². The number of aliphatic hydroxyl groups is 3. The fourth-order valence-electron chi connectivity index (χ4n) is 5.29. The smallest absolute Gasteiger partial charge is 0.197 e. The summed E-state index contributed by atoms with van der Waals surface area (Å²) in [4.78, 5) is 2.01. The zero-order valence-corrected chi connectivity index (χ0v) is 18.9. The summed E-state index contributed by atoms with van der Waals surface area (Å²) in [6, 6.07) is 23.9. The number of benzene rings is 3. The third-order valence-corrected chi connectivity index (χ3v) is 7.03. The van der Waals surface area contributed by atoms with Crippen molar-refractivity contribution in [3.8, 4) is 0 Å². The van der Waals surface area contributed by atoms with Gasteiger partial charge in [-0.2, -0.15) is 0 Å². The van der Waals surface area contributed by atoms with E-state index in [9.17, 15) is 19.7 Å². The van der Waals surface area contributed by atoms with Gasteiger partial charge >= 0.3 is 0 Å². The van der Waals surface area contributed by atoms with Gasteiger partial charge in [-0.25, -0.2) is 4.39 Å². The molecule has 0 bridgehead atoms. The number of halogens is 1. The minimum Gasteiger partial charge on any atom is -0.371 e. The lowest BCUT2D eigenvalue weighted by Gasteiger charge is -2.50. The first kappa shape index (κ1) is 23.6. The summed E-state index contributed by atoms with van der Waals surface area (Å²) < 4.78 is 13.8. The van der Waals surface area contributed by atoms with Crippen LogP contribution in [0.2, 0.25) is 0 Å². The maximum Gasteiger partial charge on any atom is 0.197 e. The van der Waals surface area contributed by atoms with Gasteiger partial charge in [0.25, 0.3) is 0 Å². The molecular weight excluding hydrogens is 417 g/mol. The Bertz CT molecular complexity index is 1020. The number of piperidine rings is 1. The SMILES string of the molecule is CC(C(c1ccccc1)C(O)(O)c1ccccc1)C(O)(c1ccc(F)cc1)N1CCCCC1. The van der Waals surface area contributed by atoms with Crippen LogP contribution in [-0.2, 0) is 11.5 Å². The van der Waals surface area contributed by atoms with Crippen LogP contribution in [0.4, 0.5) is 4.39 Å². The van der Waals surface area contributed by atoms with Gasteiger partial charge in [-0.3, -0.25) is 4.90 Å². The Labute approximate surface area is 194 Å². The number of nitrogens with zero attached hydrogens (tertiary/aromatic N) is 1. The quantitative estimate of drug-likeness (QED) is 0.457. The average molecular weight is 450 g/mol. The molecule has 0 radical (unpaired) electrons. The van der Waals surface area contributed by atoms with Crippen molar-refractivity contribution in [1.82, 2.24) is 4.90 Å². The van der Waals surface area contributed by atoms with Crippen molar-refractivity contribution >= 4 is 0 Å². The summed E-state index contributed by atoms with van der Waals surface area (Å²) in [6.45, 7) is 3.20. The van der Waals surface area contributed by atoms with Gasteiger partial charge in [-0.15, -0.1) is 0 Å². The first-order valence-corrected chi connectivity index (χ1v) is 11.6. The van der Waals surface area contributed by atoms with Crippen molar-refractivity contribution in [3.63, 3.8) is 0 Å². The molecule has 4 rings (SSSR count). The van der Waals surface area contributed by atoms with Crippen LogP contribution in [0, 0.1) is 11.7 Å². The van der Waals surface area contributed by atoms with E-state index in [1.54, 1.807) is 36.4 Å². The summed E-state index contributed by atoms with van der Waals surface area (Å²) in [5.41, 5.74) is 0.0745. The lowest BCUT2D eigenvalue weighted by atomic mass is 9.70. The first-order valence-electron chi connectivity index (χ1n) is 11.6. The van der Waals surface area contributed by atoms with E-state index in [1.807, 2.05) is 48.2 Å². The molecule has 1 saturated heterocycles. The normalized spacial score (nSPS) is 18.9. The second-order valence-electron chi connectivity index (χ2n) is 9.05. The molecule has 4 nitrogen and oxygen atoms in total. The van der Waals surface area contributed by atoms with Gasteiger partial charge in [0.05, 0.1) is 0 Å². The maximum absolute atomic E-state index is 13.8. The molecule has 3 N–H and O–H groups in total. The van der Waals surface area contributed by atoms with Crippen LogP contribution >= 0.6 is 0 Å².